The van der Waals surface area contributed by atoms with Gasteiger partial charge in [-0.3, -0.25) is 4.79 Å². The van der Waals surface area contributed by atoms with Gasteiger partial charge in [-0.1, -0.05) is 0 Å². The molecule has 1 aromatic rings. The van der Waals surface area contributed by atoms with E-state index >= 15 is 0 Å². The molecule has 0 fully saturated rings. The van der Waals surface area contributed by atoms with Crippen molar-refractivity contribution in [3.63, 3.8) is 0 Å². The van der Waals surface area contributed by atoms with Crippen LogP contribution in [-0.4, -0.2) is 28.2 Å². The number of nitrogens with two attached hydrogens (primary N) is 1. The summed E-state index contributed by atoms with van der Waals surface area (Å²) in [7, 11) is -1.73. The highest BCUT2D eigenvalue weighted by atomic mass is 16.4. The largest absolute Gasteiger partial charge is 0.508 e. The van der Waals surface area contributed by atoms with Gasteiger partial charge in [0, 0.05) is 5.56 Å². The molecule has 0 aliphatic heterocycles. The van der Waals surface area contributed by atoms with E-state index in [2.05, 4.69) is 0 Å². The molecule has 0 aromatic heterocycles. The van der Waals surface area contributed by atoms with Crippen LogP contribution in [0, 0.1) is 0 Å². The summed E-state index contributed by atoms with van der Waals surface area (Å²) < 4.78 is 0. The van der Waals surface area contributed by atoms with Gasteiger partial charge in [0.1, 0.15) is 5.75 Å². The number of amides is 1. The van der Waals surface area contributed by atoms with Crippen LogP contribution in [0.4, 0.5) is 0 Å². The van der Waals surface area contributed by atoms with Crippen molar-refractivity contribution in [3.8, 4) is 5.75 Å². The lowest BCUT2D eigenvalue weighted by Gasteiger charge is -2.02. The van der Waals surface area contributed by atoms with E-state index in [0.29, 0.717) is 0 Å². The van der Waals surface area contributed by atoms with Gasteiger partial charge in [-0.15, -0.1) is 0 Å². The molecule has 0 unspecified atom stereocenters. The highest BCUT2D eigenvalue weighted by Gasteiger charge is 2.14. The first-order valence-corrected chi connectivity index (χ1v) is 3.50. The molecule has 0 saturated carbocycles. The zero-order valence-electron chi connectivity index (χ0n) is 6.64. The Labute approximate surface area is 74.6 Å². The van der Waals surface area contributed by atoms with Crippen molar-refractivity contribution in [3.05, 3.63) is 23.8 Å². The lowest BCUT2D eigenvalue weighted by Crippen LogP contribution is -2.30. The Morgan fingerprint density at radius 3 is 2.38 bits per heavy atom. The van der Waals surface area contributed by atoms with Crippen molar-refractivity contribution < 1.29 is 19.9 Å². The molecule has 0 spiro atoms. The van der Waals surface area contributed by atoms with Gasteiger partial charge in [0.2, 0.25) is 5.91 Å². The first-order valence-electron chi connectivity index (χ1n) is 3.50. The van der Waals surface area contributed by atoms with Crippen LogP contribution in [0.5, 0.6) is 5.75 Å². The molecule has 1 amide bonds. The van der Waals surface area contributed by atoms with Gasteiger partial charge in [0.15, 0.2) is 0 Å². The normalized spacial score (nSPS) is 9.69. The summed E-state index contributed by atoms with van der Waals surface area (Å²) in [5.74, 6) is -0.975. The predicted octanol–water partition coefficient (Wildman–Crippen LogP) is -1.83. The quantitative estimate of drug-likeness (QED) is 0.403. The van der Waals surface area contributed by atoms with Gasteiger partial charge in [-0.05, 0) is 23.7 Å². The molecule has 5 nitrogen and oxygen atoms in total. The predicted molar refractivity (Wildman–Crippen MR) is 46.5 cm³/mol. The van der Waals surface area contributed by atoms with Gasteiger partial charge in [0.05, 0.1) is 0 Å². The fraction of sp³-hybridized carbons (Fsp3) is 0. The number of carbonyl (C=O) groups excluding carboxylic acids is 1. The van der Waals surface area contributed by atoms with Gasteiger partial charge in [-0.25, -0.2) is 0 Å². The Bertz CT molecular complexity index is 339. The number of aromatic hydroxyl groups is 1. The molecule has 1 rings (SSSR count). The summed E-state index contributed by atoms with van der Waals surface area (Å²) in [5.41, 5.74) is 4.99. The molecule has 6 heteroatoms. The lowest BCUT2D eigenvalue weighted by molar-refractivity contribution is 0.1000. The summed E-state index contributed by atoms with van der Waals surface area (Å²) in [4.78, 5) is 10.7. The van der Waals surface area contributed by atoms with E-state index in [4.69, 9.17) is 20.9 Å². The number of primary amides is 1. The lowest BCUT2D eigenvalue weighted by atomic mass is 9.79. The zero-order valence-corrected chi connectivity index (χ0v) is 6.64. The molecule has 0 radical (unpaired) electrons. The second-order valence-corrected chi connectivity index (χ2v) is 2.55. The van der Waals surface area contributed by atoms with E-state index in [-0.39, 0.29) is 16.8 Å². The summed E-state index contributed by atoms with van der Waals surface area (Å²) in [6.45, 7) is 0. The highest BCUT2D eigenvalue weighted by molar-refractivity contribution is 6.58. The SMILES string of the molecule is NC(=O)c1cc(O)cc(B(O)O)c1. The first-order chi connectivity index (χ1) is 6.00. The van der Waals surface area contributed by atoms with E-state index < -0.39 is 13.0 Å². The molecule has 68 valence electrons. The van der Waals surface area contributed by atoms with E-state index in [1.165, 1.54) is 6.07 Å². The van der Waals surface area contributed by atoms with Crippen LogP contribution in [0.15, 0.2) is 18.2 Å². The number of carbonyl (C=O) groups is 1. The van der Waals surface area contributed by atoms with Crippen molar-refractivity contribution in [2.45, 2.75) is 0 Å². The van der Waals surface area contributed by atoms with Crippen molar-refractivity contribution in [2.24, 2.45) is 5.73 Å². The van der Waals surface area contributed by atoms with Gasteiger partial charge in [-0.2, -0.15) is 0 Å². The second-order valence-electron chi connectivity index (χ2n) is 2.55. The summed E-state index contributed by atoms with van der Waals surface area (Å²) >= 11 is 0. The average molecular weight is 181 g/mol. The molecule has 0 aliphatic carbocycles. The third kappa shape index (κ3) is 2.20. The molecule has 1 aromatic carbocycles. The highest BCUT2D eigenvalue weighted by Crippen LogP contribution is 2.08. The third-order valence-electron chi connectivity index (χ3n) is 1.52. The standard InChI is InChI=1S/C7H8BNO4/c9-7(11)4-1-5(8(12)13)3-6(10)2-4/h1-3,10,12-13H,(H2,9,11). The van der Waals surface area contributed by atoms with Crippen LogP contribution in [0.1, 0.15) is 10.4 Å². The first kappa shape index (κ1) is 9.56. The summed E-state index contributed by atoms with van der Waals surface area (Å²) in [6.07, 6.45) is 0. The zero-order chi connectivity index (χ0) is 10.0. The van der Waals surface area contributed by atoms with Crippen LogP contribution in [-0.2, 0) is 0 Å². The van der Waals surface area contributed by atoms with Crippen molar-refractivity contribution >= 4 is 18.5 Å². The fourth-order valence-corrected chi connectivity index (χ4v) is 0.926. The Kier molecular flexibility index (Phi) is 2.55. The topological polar surface area (TPSA) is 104 Å². The van der Waals surface area contributed by atoms with Crippen molar-refractivity contribution in [1.82, 2.24) is 0 Å². The molecule has 0 heterocycles. The summed E-state index contributed by atoms with van der Waals surface area (Å²) in [5, 5.41) is 26.6. The average Bonchev–Trinajstić information content (AvgIpc) is 2.03. The second kappa shape index (κ2) is 3.46. The maximum atomic E-state index is 10.7. The van der Waals surface area contributed by atoms with Crippen LogP contribution in [0.3, 0.4) is 0 Å². The monoisotopic (exact) mass is 181 g/mol. The Morgan fingerprint density at radius 2 is 1.92 bits per heavy atom. The molecule has 0 saturated heterocycles. The van der Waals surface area contributed by atoms with E-state index in [0.717, 1.165) is 12.1 Å². The smallest absolute Gasteiger partial charge is 0.488 e. The minimum absolute atomic E-state index is 0.0220. The van der Waals surface area contributed by atoms with Crippen molar-refractivity contribution in [2.75, 3.05) is 0 Å². The Hall–Kier alpha value is -1.53. The molecular formula is C7H8BNO4. The number of hydrogen-bond acceptors (Lipinski definition) is 4. The number of phenols is 1. The molecule has 0 atom stereocenters. The molecule has 5 N–H and O–H groups in total. The van der Waals surface area contributed by atoms with Gasteiger partial charge < -0.3 is 20.9 Å². The van der Waals surface area contributed by atoms with E-state index in [9.17, 15) is 4.79 Å². The number of phenolic OH excluding ortho intramolecular Hbond substituents is 1. The van der Waals surface area contributed by atoms with Gasteiger partial charge >= 0.3 is 7.12 Å². The maximum absolute atomic E-state index is 10.7. The number of rotatable bonds is 2. The minimum atomic E-state index is -1.73. The molecule has 0 bridgehead atoms. The van der Waals surface area contributed by atoms with E-state index in [1.807, 2.05) is 0 Å². The minimum Gasteiger partial charge on any atom is -0.508 e. The fourth-order valence-electron chi connectivity index (χ4n) is 0.926. The van der Waals surface area contributed by atoms with Crippen molar-refractivity contribution in [1.29, 1.82) is 0 Å². The van der Waals surface area contributed by atoms with Crippen LogP contribution < -0.4 is 11.2 Å². The van der Waals surface area contributed by atoms with E-state index in [1.54, 1.807) is 0 Å². The Balaban J connectivity index is 3.19. The molecule has 13 heavy (non-hydrogen) atoms. The number of hydrogen-bond donors (Lipinski definition) is 4. The third-order valence-corrected chi connectivity index (χ3v) is 1.52. The molecular weight excluding hydrogens is 173 g/mol. The van der Waals surface area contributed by atoms with Crippen LogP contribution >= 0.6 is 0 Å². The van der Waals surface area contributed by atoms with Crippen LogP contribution in [0.2, 0.25) is 0 Å². The molecule has 0 aliphatic rings. The van der Waals surface area contributed by atoms with Crippen LogP contribution in [0.25, 0.3) is 0 Å². The number of benzene rings is 1. The summed E-state index contributed by atoms with van der Waals surface area (Å²) in [6, 6.07) is 3.48. The van der Waals surface area contributed by atoms with Gasteiger partial charge in [0.25, 0.3) is 0 Å². The maximum Gasteiger partial charge on any atom is 0.488 e. The Morgan fingerprint density at radius 1 is 1.31 bits per heavy atom.